The molecule has 110 valence electrons. The smallest absolute Gasteiger partial charge is 0.146 e. The second kappa shape index (κ2) is 6.06. The number of anilines is 1. The highest BCUT2D eigenvalue weighted by Gasteiger charge is 2.17. The number of nitrogens with two attached hydrogens (primary N) is 1. The molecular weight excluding hydrogens is 264 g/mol. The number of fused-ring (bicyclic) bond motifs is 1. The monoisotopic (exact) mass is 284 g/mol. The molecule has 4 nitrogen and oxygen atoms in total. The standard InChI is InChI=1S/C17H20N2O2/c1-20-15-7-5-13(6-8-15)11-19-9-10-21-17-14(12-19)3-2-4-16(17)18/h2-8H,9-12,18H2,1H3. The van der Waals surface area contributed by atoms with Crippen molar-refractivity contribution in [2.45, 2.75) is 13.1 Å². The molecule has 0 saturated carbocycles. The summed E-state index contributed by atoms with van der Waals surface area (Å²) in [6, 6.07) is 14.1. The molecule has 0 bridgehead atoms. The fraction of sp³-hybridized carbons (Fsp3) is 0.294. The van der Waals surface area contributed by atoms with E-state index in [2.05, 4.69) is 23.1 Å². The van der Waals surface area contributed by atoms with Gasteiger partial charge in [-0.05, 0) is 23.8 Å². The van der Waals surface area contributed by atoms with Crippen molar-refractivity contribution in [3.05, 3.63) is 53.6 Å². The van der Waals surface area contributed by atoms with E-state index in [1.807, 2.05) is 24.3 Å². The van der Waals surface area contributed by atoms with Crippen LogP contribution in [-0.2, 0) is 13.1 Å². The minimum Gasteiger partial charge on any atom is -0.497 e. The van der Waals surface area contributed by atoms with Crippen molar-refractivity contribution < 1.29 is 9.47 Å². The summed E-state index contributed by atoms with van der Waals surface area (Å²) < 4.78 is 11.0. The van der Waals surface area contributed by atoms with Gasteiger partial charge < -0.3 is 15.2 Å². The van der Waals surface area contributed by atoms with Crippen LogP contribution in [0, 0.1) is 0 Å². The summed E-state index contributed by atoms with van der Waals surface area (Å²) in [7, 11) is 1.68. The van der Waals surface area contributed by atoms with Crippen LogP contribution in [-0.4, -0.2) is 25.2 Å². The van der Waals surface area contributed by atoms with E-state index in [0.717, 1.165) is 42.4 Å². The van der Waals surface area contributed by atoms with Crippen molar-refractivity contribution >= 4 is 5.69 Å². The Kier molecular flexibility index (Phi) is 3.97. The third-order valence-electron chi connectivity index (χ3n) is 3.74. The Bertz CT molecular complexity index is 611. The lowest BCUT2D eigenvalue weighted by Gasteiger charge is -2.19. The Morgan fingerprint density at radius 3 is 2.76 bits per heavy atom. The third-order valence-corrected chi connectivity index (χ3v) is 3.74. The highest BCUT2D eigenvalue weighted by Crippen LogP contribution is 2.29. The first kappa shape index (κ1) is 13.8. The number of hydrogen-bond donors (Lipinski definition) is 1. The van der Waals surface area contributed by atoms with Crippen LogP contribution < -0.4 is 15.2 Å². The van der Waals surface area contributed by atoms with E-state index >= 15 is 0 Å². The van der Waals surface area contributed by atoms with Crippen molar-refractivity contribution in [1.29, 1.82) is 0 Å². The Labute approximate surface area is 125 Å². The Hall–Kier alpha value is -2.20. The molecule has 0 radical (unpaired) electrons. The van der Waals surface area contributed by atoms with Gasteiger partial charge in [0.25, 0.3) is 0 Å². The zero-order chi connectivity index (χ0) is 14.7. The number of rotatable bonds is 3. The molecule has 0 aliphatic carbocycles. The van der Waals surface area contributed by atoms with Crippen LogP contribution in [0.25, 0.3) is 0 Å². The predicted molar refractivity (Wildman–Crippen MR) is 83.5 cm³/mol. The van der Waals surface area contributed by atoms with Crippen LogP contribution in [0.2, 0.25) is 0 Å². The molecule has 21 heavy (non-hydrogen) atoms. The van der Waals surface area contributed by atoms with E-state index in [0.29, 0.717) is 6.61 Å². The molecule has 2 aromatic rings. The summed E-state index contributed by atoms with van der Waals surface area (Å²) >= 11 is 0. The molecule has 3 rings (SSSR count). The normalized spacial score (nSPS) is 14.9. The average molecular weight is 284 g/mol. The van der Waals surface area contributed by atoms with Crippen molar-refractivity contribution in [3.63, 3.8) is 0 Å². The number of methoxy groups -OCH3 is 1. The number of ether oxygens (including phenoxy) is 2. The van der Waals surface area contributed by atoms with Gasteiger partial charge in [-0.25, -0.2) is 0 Å². The number of hydrogen-bond acceptors (Lipinski definition) is 4. The van der Waals surface area contributed by atoms with Gasteiger partial charge in [0.15, 0.2) is 0 Å². The molecule has 0 amide bonds. The molecule has 1 aliphatic rings. The first-order chi connectivity index (χ1) is 10.3. The number of nitrogen functional groups attached to an aromatic ring is 1. The molecule has 0 saturated heterocycles. The minimum atomic E-state index is 0.664. The van der Waals surface area contributed by atoms with Crippen molar-refractivity contribution in [2.24, 2.45) is 0 Å². The van der Waals surface area contributed by atoms with Gasteiger partial charge in [0.05, 0.1) is 12.8 Å². The quantitative estimate of drug-likeness (QED) is 0.880. The number of para-hydroxylation sites is 1. The minimum absolute atomic E-state index is 0.664. The van der Waals surface area contributed by atoms with Crippen LogP contribution in [0.1, 0.15) is 11.1 Å². The Morgan fingerprint density at radius 2 is 2.00 bits per heavy atom. The molecule has 1 aliphatic heterocycles. The van der Waals surface area contributed by atoms with Gasteiger partial charge in [-0.3, -0.25) is 4.90 Å². The third kappa shape index (κ3) is 3.11. The summed E-state index contributed by atoms with van der Waals surface area (Å²) in [5.41, 5.74) is 9.12. The zero-order valence-electron chi connectivity index (χ0n) is 12.2. The van der Waals surface area contributed by atoms with E-state index in [-0.39, 0.29) is 0 Å². The Balaban J connectivity index is 1.74. The number of nitrogens with zero attached hydrogens (tertiary/aromatic N) is 1. The molecule has 4 heteroatoms. The molecule has 0 unspecified atom stereocenters. The SMILES string of the molecule is COc1ccc(CN2CCOc3c(N)cccc3C2)cc1. The van der Waals surface area contributed by atoms with Gasteiger partial charge in [-0.1, -0.05) is 24.3 Å². The van der Waals surface area contributed by atoms with E-state index < -0.39 is 0 Å². The van der Waals surface area contributed by atoms with Crippen LogP contribution in [0.4, 0.5) is 5.69 Å². The predicted octanol–water partition coefficient (Wildman–Crippen LogP) is 2.67. The largest absolute Gasteiger partial charge is 0.497 e. The van der Waals surface area contributed by atoms with Gasteiger partial charge >= 0.3 is 0 Å². The molecule has 0 atom stereocenters. The molecule has 0 fully saturated rings. The van der Waals surface area contributed by atoms with E-state index in [9.17, 15) is 0 Å². The second-order valence-corrected chi connectivity index (χ2v) is 5.24. The summed E-state index contributed by atoms with van der Waals surface area (Å²) in [4.78, 5) is 2.37. The maximum atomic E-state index is 5.98. The van der Waals surface area contributed by atoms with Crippen LogP contribution in [0.5, 0.6) is 11.5 Å². The van der Waals surface area contributed by atoms with E-state index in [4.69, 9.17) is 15.2 Å². The van der Waals surface area contributed by atoms with Crippen molar-refractivity contribution in [2.75, 3.05) is 26.0 Å². The molecule has 1 heterocycles. The summed E-state index contributed by atoms with van der Waals surface area (Å²) in [5.74, 6) is 1.73. The van der Waals surface area contributed by atoms with Gasteiger partial charge in [0.2, 0.25) is 0 Å². The summed E-state index contributed by atoms with van der Waals surface area (Å²) in [5, 5.41) is 0. The van der Waals surface area contributed by atoms with Gasteiger partial charge in [0, 0.05) is 25.2 Å². The topological polar surface area (TPSA) is 47.7 Å². The number of benzene rings is 2. The first-order valence-electron chi connectivity index (χ1n) is 7.12. The second-order valence-electron chi connectivity index (χ2n) is 5.24. The van der Waals surface area contributed by atoms with Gasteiger partial charge in [-0.2, -0.15) is 0 Å². The lowest BCUT2D eigenvalue weighted by Crippen LogP contribution is -2.25. The average Bonchev–Trinajstić information content (AvgIpc) is 2.71. The fourth-order valence-corrected chi connectivity index (χ4v) is 2.63. The maximum Gasteiger partial charge on any atom is 0.146 e. The molecule has 0 aromatic heterocycles. The highest BCUT2D eigenvalue weighted by molar-refractivity contribution is 5.57. The van der Waals surface area contributed by atoms with Gasteiger partial charge in [-0.15, -0.1) is 0 Å². The van der Waals surface area contributed by atoms with E-state index in [1.165, 1.54) is 5.56 Å². The van der Waals surface area contributed by atoms with Crippen LogP contribution in [0.3, 0.4) is 0 Å². The first-order valence-corrected chi connectivity index (χ1v) is 7.12. The molecule has 2 N–H and O–H groups in total. The molecular formula is C17H20N2O2. The summed E-state index contributed by atoms with van der Waals surface area (Å²) in [6.45, 7) is 3.30. The van der Waals surface area contributed by atoms with Gasteiger partial charge in [0.1, 0.15) is 18.1 Å². The van der Waals surface area contributed by atoms with Crippen LogP contribution >= 0.6 is 0 Å². The zero-order valence-corrected chi connectivity index (χ0v) is 12.2. The van der Waals surface area contributed by atoms with Crippen molar-refractivity contribution in [1.82, 2.24) is 4.90 Å². The summed E-state index contributed by atoms with van der Waals surface area (Å²) in [6.07, 6.45) is 0. The van der Waals surface area contributed by atoms with E-state index in [1.54, 1.807) is 7.11 Å². The van der Waals surface area contributed by atoms with Crippen LogP contribution in [0.15, 0.2) is 42.5 Å². The molecule has 0 spiro atoms. The maximum absolute atomic E-state index is 5.98. The molecule has 2 aromatic carbocycles. The lowest BCUT2D eigenvalue weighted by atomic mass is 10.1. The lowest BCUT2D eigenvalue weighted by molar-refractivity contribution is 0.220. The highest BCUT2D eigenvalue weighted by atomic mass is 16.5. The fourth-order valence-electron chi connectivity index (χ4n) is 2.63. The Morgan fingerprint density at radius 1 is 1.19 bits per heavy atom. The van der Waals surface area contributed by atoms with Crippen molar-refractivity contribution in [3.8, 4) is 11.5 Å².